The number of hydrogen-bond acceptors (Lipinski definition) is 3. The third-order valence-electron chi connectivity index (χ3n) is 6.34. The van der Waals surface area contributed by atoms with E-state index < -0.39 is 0 Å². The Hall–Kier alpha value is -2.94. The van der Waals surface area contributed by atoms with Gasteiger partial charge in [0.2, 0.25) is 0 Å². The summed E-state index contributed by atoms with van der Waals surface area (Å²) < 4.78 is 6.19. The van der Waals surface area contributed by atoms with Gasteiger partial charge in [0.25, 0.3) is 0 Å². The molecule has 0 N–H and O–H groups in total. The van der Waals surface area contributed by atoms with E-state index in [2.05, 4.69) is 45.9 Å². The summed E-state index contributed by atoms with van der Waals surface area (Å²) in [7, 11) is 0. The summed E-state index contributed by atoms with van der Waals surface area (Å²) in [4.78, 5) is 17.9. The Labute approximate surface area is 198 Å². The Morgan fingerprint density at radius 2 is 1.52 bits per heavy atom. The van der Waals surface area contributed by atoms with Gasteiger partial charge >= 0.3 is 0 Å². The highest BCUT2D eigenvalue weighted by Crippen LogP contribution is 2.31. The van der Waals surface area contributed by atoms with Gasteiger partial charge in [-0.15, -0.1) is 0 Å². The fourth-order valence-corrected chi connectivity index (χ4v) is 4.13. The number of benzene rings is 2. The van der Waals surface area contributed by atoms with Crippen LogP contribution in [0.5, 0.6) is 0 Å². The highest BCUT2D eigenvalue weighted by atomic mass is 16.3. The molecule has 0 amide bonds. The van der Waals surface area contributed by atoms with Crippen molar-refractivity contribution in [2.45, 2.75) is 80.1 Å². The van der Waals surface area contributed by atoms with Crippen LogP contribution in [0, 0.1) is 13.8 Å². The molecule has 0 unspecified atom stereocenters. The lowest BCUT2D eigenvalue weighted by Gasteiger charge is -2.15. The highest BCUT2D eigenvalue weighted by molar-refractivity contribution is 5.78. The number of aromatic nitrogens is 1. The molecule has 3 nitrogen and oxygen atoms in total. The molecule has 0 aromatic heterocycles. The standard InChI is InChI=1S/C30H37NO2/c1-20(2)12-9-13-21(3)14-10-15-22(4)16-11-17-25-29(32)24(6)23(5)28-30(25)33-27-19-8-7-18-26(27)31-28/h7-8,12,14,16,18-19H,9-11,13,15,17H2,1-6H3/b21-14+,22-16+. The van der Waals surface area contributed by atoms with Crippen LogP contribution in [0.3, 0.4) is 0 Å². The van der Waals surface area contributed by atoms with E-state index in [9.17, 15) is 4.79 Å². The SMILES string of the molecule is CC(C)=CCC/C(C)=C/CC/C(C)=C/CCc1c2oc3ccccc3nc-2c(C)c(C)c1=O. The molecule has 2 aliphatic rings. The van der Waals surface area contributed by atoms with Crippen LogP contribution in [0.15, 0.2) is 68.4 Å². The summed E-state index contributed by atoms with van der Waals surface area (Å²) in [5.41, 5.74) is 9.04. The summed E-state index contributed by atoms with van der Waals surface area (Å²) in [6, 6.07) is 7.74. The first-order valence-corrected chi connectivity index (χ1v) is 12.0. The average Bonchev–Trinajstić information content (AvgIpc) is 2.78. The van der Waals surface area contributed by atoms with Crippen LogP contribution in [-0.2, 0) is 6.42 Å². The monoisotopic (exact) mass is 443 g/mol. The van der Waals surface area contributed by atoms with Crippen LogP contribution in [0.4, 0.5) is 0 Å². The van der Waals surface area contributed by atoms with E-state index in [1.165, 1.54) is 16.7 Å². The van der Waals surface area contributed by atoms with Crippen molar-refractivity contribution in [3.05, 3.63) is 86.1 Å². The molecule has 1 aliphatic carbocycles. The van der Waals surface area contributed by atoms with Gasteiger partial charge in [0.15, 0.2) is 16.8 Å². The van der Waals surface area contributed by atoms with Gasteiger partial charge < -0.3 is 4.42 Å². The third kappa shape index (κ3) is 6.31. The van der Waals surface area contributed by atoms with Crippen LogP contribution < -0.4 is 5.43 Å². The predicted octanol–water partition coefficient (Wildman–Crippen LogP) is 8.26. The largest absolute Gasteiger partial charge is 0.452 e. The van der Waals surface area contributed by atoms with Crippen molar-refractivity contribution >= 4 is 11.1 Å². The van der Waals surface area contributed by atoms with Crippen molar-refractivity contribution in [1.29, 1.82) is 0 Å². The second-order valence-electron chi connectivity index (χ2n) is 9.42. The Morgan fingerprint density at radius 1 is 0.879 bits per heavy atom. The summed E-state index contributed by atoms with van der Waals surface area (Å²) in [5, 5.41) is 0. The molecule has 1 aliphatic heterocycles. The average molecular weight is 444 g/mol. The molecule has 3 rings (SSSR count). The van der Waals surface area contributed by atoms with Crippen molar-refractivity contribution in [3.63, 3.8) is 0 Å². The molecule has 0 fully saturated rings. The first kappa shape index (κ1) is 24.7. The molecular formula is C30H37NO2. The summed E-state index contributed by atoms with van der Waals surface area (Å²) in [5.74, 6) is 0.641. The van der Waals surface area contributed by atoms with Gasteiger partial charge in [0, 0.05) is 11.1 Å². The number of allylic oxidation sites excluding steroid dienone is 6. The molecule has 0 radical (unpaired) electrons. The molecular weight excluding hydrogens is 406 g/mol. The van der Waals surface area contributed by atoms with Gasteiger partial charge in [-0.2, -0.15) is 0 Å². The summed E-state index contributed by atoms with van der Waals surface area (Å²) in [6.45, 7) is 12.6. The highest BCUT2D eigenvalue weighted by Gasteiger charge is 2.22. The van der Waals surface area contributed by atoms with Gasteiger partial charge in [-0.3, -0.25) is 4.79 Å². The quantitative estimate of drug-likeness (QED) is 0.247. The molecule has 1 aromatic carbocycles. The second-order valence-corrected chi connectivity index (χ2v) is 9.42. The minimum absolute atomic E-state index is 0.0850. The Bertz CT molecular complexity index is 1240. The molecule has 174 valence electrons. The fraction of sp³-hybridized carbons (Fsp3) is 0.400. The Balaban J connectivity index is 1.71. The van der Waals surface area contributed by atoms with Crippen LogP contribution in [0.1, 0.15) is 76.5 Å². The van der Waals surface area contributed by atoms with Crippen molar-refractivity contribution in [2.75, 3.05) is 0 Å². The topological polar surface area (TPSA) is 43.1 Å². The van der Waals surface area contributed by atoms with Gasteiger partial charge in [-0.1, -0.05) is 47.1 Å². The number of nitrogens with zero attached hydrogens (tertiary/aromatic N) is 1. The minimum atomic E-state index is 0.0850. The number of rotatable bonds is 9. The molecule has 1 aromatic rings. The molecule has 3 heteroatoms. The summed E-state index contributed by atoms with van der Waals surface area (Å²) >= 11 is 0. The maximum Gasteiger partial charge on any atom is 0.188 e. The maximum absolute atomic E-state index is 13.1. The van der Waals surface area contributed by atoms with Crippen molar-refractivity contribution in [2.24, 2.45) is 0 Å². The molecule has 1 heterocycles. The van der Waals surface area contributed by atoms with Crippen molar-refractivity contribution in [1.82, 2.24) is 4.98 Å². The van der Waals surface area contributed by atoms with E-state index >= 15 is 0 Å². The van der Waals surface area contributed by atoms with Crippen LogP contribution in [-0.4, -0.2) is 4.98 Å². The van der Waals surface area contributed by atoms with E-state index in [0.29, 0.717) is 17.8 Å². The van der Waals surface area contributed by atoms with Gasteiger partial charge in [0.1, 0.15) is 11.2 Å². The minimum Gasteiger partial charge on any atom is -0.452 e. The van der Waals surface area contributed by atoms with Gasteiger partial charge in [0.05, 0.1) is 0 Å². The number of hydrogen-bond donors (Lipinski definition) is 0. The van der Waals surface area contributed by atoms with E-state index in [-0.39, 0.29) is 5.43 Å². The Kier molecular flexibility index (Phi) is 8.43. The Morgan fingerprint density at radius 3 is 2.21 bits per heavy atom. The van der Waals surface area contributed by atoms with E-state index in [0.717, 1.165) is 60.0 Å². The van der Waals surface area contributed by atoms with Crippen LogP contribution in [0.25, 0.3) is 22.6 Å². The lowest BCUT2D eigenvalue weighted by Crippen LogP contribution is -2.17. The zero-order valence-corrected chi connectivity index (χ0v) is 21.0. The zero-order valence-electron chi connectivity index (χ0n) is 21.0. The normalized spacial score (nSPS) is 12.5. The molecule has 0 saturated carbocycles. The van der Waals surface area contributed by atoms with Crippen molar-refractivity contribution < 1.29 is 4.42 Å². The maximum atomic E-state index is 13.1. The smallest absolute Gasteiger partial charge is 0.188 e. The molecule has 33 heavy (non-hydrogen) atoms. The molecule has 0 atom stereocenters. The first-order chi connectivity index (χ1) is 15.8. The first-order valence-electron chi connectivity index (χ1n) is 12.0. The lowest BCUT2D eigenvalue weighted by atomic mass is 9.95. The zero-order chi connectivity index (χ0) is 24.0. The van der Waals surface area contributed by atoms with E-state index in [4.69, 9.17) is 9.40 Å². The van der Waals surface area contributed by atoms with E-state index in [1.54, 1.807) is 0 Å². The number of para-hydroxylation sites is 2. The van der Waals surface area contributed by atoms with Gasteiger partial charge in [-0.25, -0.2) is 4.98 Å². The second kappa shape index (κ2) is 11.3. The predicted molar refractivity (Wildman–Crippen MR) is 140 cm³/mol. The van der Waals surface area contributed by atoms with Crippen molar-refractivity contribution in [3.8, 4) is 11.5 Å². The molecule has 0 bridgehead atoms. The third-order valence-corrected chi connectivity index (χ3v) is 6.34. The molecule has 0 spiro atoms. The lowest BCUT2D eigenvalue weighted by molar-refractivity contribution is 0.602. The van der Waals surface area contributed by atoms with Gasteiger partial charge in [-0.05, 0) is 97.8 Å². The van der Waals surface area contributed by atoms with E-state index in [1.807, 2.05) is 38.1 Å². The van der Waals surface area contributed by atoms with Crippen LogP contribution in [0.2, 0.25) is 0 Å². The van der Waals surface area contributed by atoms with Crippen LogP contribution >= 0.6 is 0 Å². The number of fused-ring (bicyclic) bond motifs is 2. The molecule has 0 saturated heterocycles. The fourth-order valence-electron chi connectivity index (χ4n) is 4.13. The summed E-state index contributed by atoms with van der Waals surface area (Å²) in [6.07, 6.45) is 12.8.